The number of aliphatic hydroxyl groups excluding tert-OH is 3. The van der Waals surface area contributed by atoms with Crippen molar-refractivity contribution in [1.29, 1.82) is 0 Å². The van der Waals surface area contributed by atoms with Gasteiger partial charge >= 0.3 is 0 Å². The molecule has 0 unspecified atom stereocenters. The first-order chi connectivity index (χ1) is 13.4. The van der Waals surface area contributed by atoms with Crippen LogP contribution < -0.4 is 15.8 Å². The number of hydrogen-bond donors (Lipinski definition) is 5. The van der Waals surface area contributed by atoms with Crippen LogP contribution in [0.2, 0.25) is 5.15 Å². The number of aliphatic hydroxyl groups is 3. The van der Waals surface area contributed by atoms with Gasteiger partial charge in [0, 0.05) is 12.5 Å². The van der Waals surface area contributed by atoms with Gasteiger partial charge < -0.3 is 31.1 Å². The second-order valence-corrected chi connectivity index (χ2v) is 7.01. The Kier molecular flexibility index (Phi) is 6.35. The van der Waals surface area contributed by atoms with Gasteiger partial charge in [0.15, 0.2) is 0 Å². The summed E-state index contributed by atoms with van der Waals surface area (Å²) in [6, 6.07) is 6.96. The summed E-state index contributed by atoms with van der Waals surface area (Å²) in [5, 5.41) is 32.9. The van der Waals surface area contributed by atoms with E-state index in [2.05, 4.69) is 15.3 Å². The quantitative estimate of drug-likeness (QED) is 0.454. The molecular formula is C19H23ClN4O4. The molecule has 9 heteroatoms. The number of rotatable bonds is 6. The predicted molar refractivity (Wildman–Crippen MR) is 108 cm³/mol. The molecule has 0 bridgehead atoms. The molecule has 0 amide bonds. The van der Waals surface area contributed by atoms with Gasteiger partial charge in [-0.05, 0) is 30.2 Å². The van der Waals surface area contributed by atoms with E-state index in [0.29, 0.717) is 17.8 Å². The van der Waals surface area contributed by atoms with Crippen LogP contribution in [0.15, 0.2) is 24.3 Å². The number of anilines is 2. The number of halogens is 1. The number of nitrogen functional groups attached to an aromatic ring is 1. The molecule has 1 aliphatic rings. The van der Waals surface area contributed by atoms with E-state index in [0.717, 1.165) is 11.3 Å². The van der Waals surface area contributed by atoms with Crippen molar-refractivity contribution in [1.82, 2.24) is 9.97 Å². The van der Waals surface area contributed by atoms with Gasteiger partial charge in [-0.3, -0.25) is 0 Å². The third-order valence-electron chi connectivity index (χ3n) is 4.81. The van der Waals surface area contributed by atoms with Crippen molar-refractivity contribution in [3.8, 4) is 5.75 Å². The maximum Gasteiger partial charge on any atom is 0.223 e. The van der Waals surface area contributed by atoms with E-state index in [1.807, 2.05) is 30.3 Å². The number of methoxy groups -OCH3 is 1. The van der Waals surface area contributed by atoms with Crippen LogP contribution in [0.5, 0.6) is 5.75 Å². The van der Waals surface area contributed by atoms with Crippen molar-refractivity contribution in [2.24, 2.45) is 5.92 Å². The van der Waals surface area contributed by atoms with E-state index in [-0.39, 0.29) is 17.7 Å². The lowest BCUT2D eigenvalue weighted by Crippen LogP contribution is -2.35. The minimum Gasteiger partial charge on any atom is -0.497 e. The maximum absolute atomic E-state index is 10.3. The first-order valence-electron chi connectivity index (χ1n) is 8.81. The summed E-state index contributed by atoms with van der Waals surface area (Å²) in [6.07, 6.45) is 1.86. The molecule has 150 valence electrons. The van der Waals surface area contributed by atoms with Crippen molar-refractivity contribution < 1.29 is 20.1 Å². The molecule has 1 saturated carbocycles. The minimum atomic E-state index is -1.05. The highest BCUT2D eigenvalue weighted by atomic mass is 35.5. The van der Waals surface area contributed by atoms with Gasteiger partial charge in [0.1, 0.15) is 22.8 Å². The third kappa shape index (κ3) is 4.36. The number of benzene rings is 1. The van der Waals surface area contributed by atoms with E-state index in [1.165, 1.54) is 0 Å². The first kappa shape index (κ1) is 20.3. The highest BCUT2D eigenvalue weighted by Gasteiger charge is 2.41. The molecule has 0 spiro atoms. The van der Waals surface area contributed by atoms with Crippen LogP contribution in [0.25, 0.3) is 12.2 Å². The number of hydrogen-bond acceptors (Lipinski definition) is 8. The molecular weight excluding hydrogens is 384 g/mol. The largest absolute Gasteiger partial charge is 0.497 e. The summed E-state index contributed by atoms with van der Waals surface area (Å²) in [5.74, 6) is 0.625. The van der Waals surface area contributed by atoms with Gasteiger partial charge in [-0.1, -0.05) is 29.8 Å². The standard InChI is InChI=1S/C19H23ClN4O4/c1-28-12-4-2-3-10(7-12)5-6-13-17(20)23-19(21)24-18(13)22-14-8-11(9-25)15(26)16(14)27/h2-7,11,14-16,25-27H,8-9H2,1H3,(H3,21,22,23,24)/t11-,14-,15-,16+/m1/s1. The Bertz CT molecular complexity index is 864. The first-order valence-corrected chi connectivity index (χ1v) is 9.19. The molecule has 1 aromatic heterocycles. The normalized spacial score (nSPS) is 24.6. The molecule has 0 radical (unpaired) electrons. The summed E-state index contributed by atoms with van der Waals surface area (Å²) >= 11 is 6.27. The van der Waals surface area contributed by atoms with Crippen LogP contribution in [0.4, 0.5) is 11.8 Å². The third-order valence-corrected chi connectivity index (χ3v) is 5.10. The monoisotopic (exact) mass is 406 g/mol. The average Bonchev–Trinajstić information content (AvgIpc) is 2.95. The lowest BCUT2D eigenvalue weighted by Gasteiger charge is -2.20. The van der Waals surface area contributed by atoms with Gasteiger partial charge in [0.05, 0.1) is 24.8 Å². The summed E-state index contributed by atoms with van der Waals surface area (Å²) in [4.78, 5) is 8.18. The fraction of sp³-hybridized carbons (Fsp3) is 0.368. The molecule has 28 heavy (non-hydrogen) atoms. The van der Waals surface area contributed by atoms with Crippen LogP contribution >= 0.6 is 11.6 Å². The maximum atomic E-state index is 10.3. The Morgan fingerprint density at radius 3 is 2.75 bits per heavy atom. The zero-order valence-corrected chi connectivity index (χ0v) is 16.0. The lowest BCUT2D eigenvalue weighted by molar-refractivity contribution is 0.00445. The number of aromatic nitrogens is 2. The summed E-state index contributed by atoms with van der Waals surface area (Å²) in [7, 11) is 1.59. The van der Waals surface area contributed by atoms with E-state index in [4.69, 9.17) is 22.1 Å². The Labute approximate surface area is 167 Å². The van der Waals surface area contributed by atoms with Crippen LogP contribution in [-0.4, -0.2) is 57.3 Å². The molecule has 0 saturated heterocycles. The van der Waals surface area contributed by atoms with Crippen LogP contribution in [-0.2, 0) is 0 Å². The molecule has 8 nitrogen and oxygen atoms in total. The van der Waals surface area contributed by atoms with E-state index in [9.17, 15) is 15.3 Å². The number of nitrogens with one attached hydrogen (secondary N) is 1. The second kappa shape index (κ2) is 8.74. The zero-order chi connectivity index (χ0) is 20.3. The van der Waals surface area contributed by atoms with Crippen LogP contribution in [0.3, 0.4) is 0 Å². The summed E-state index contributed by atoms with van der Waals surface area (Å²) in [5.41, 5.74) is 7.10. The SMILES string of the molecule is COc1cccc(C=Cc2c(Cl)nc(N)nc2N[C@@H]2C[C@H](CO)[C@@H](O)[C@H]2O)c1. The average molecular weight is 407 g/mol. The molecule has 1 fully saturated rings. The molecule has 1 heterocycles. The Balaban J connectivity index is 1.89. The molecule has 0 aliphatic heterocycles. The van der Waals surface area contributed by atoms with Gasteiger partial charge in [-0.2, -0.15) is 4.98 Å². The molecule has 1 aromatic carbocycles. The van der Waals surface area contributed by atoms with Crippen molar-refractivity contribution in [3.63, 3.8) is 0 Å². The Hall–Kier alpha value is -2.39. The fourth-order valence-electron chi connectivity index (χ4n) is 3.27. The Morgan fingerprint density at radius 2 is 2.07 bits per heavy atom. The minimum absolute atomic E-state index is 0.0160. The summed E-state index contributed by atoms with van der Waals surface area (Å²) in [6.45, 7) is -0.217. The summed E-state index contributed by atoms with van der Waals surface area (Å²) < 4.78 is 5.22. The molecule has 6 N–H and O–H groups in total. The van der Waals surface area contributed by atoms with Gasteiger partial charge in [0.2, 0.25) is 5.95 Å². The number of nitrogens with zero attached hydrogens (tertiary/aromatic N) is 2. The van der Waals surface area contributed by atoms with E-state index < -0.39 is 24.2 Å². The van der Waals surface area contributed by atoms with Crippen molar-refractivity contribution in [2.75, 3.05) is 24.8 Å². The molecule has 1 aliphatic carbocycles. The highest BCUT2D eigenvalue weighted by molar-refractivity contribution is 6.31. The van der Waals surface area contributed by atoms with E-state index >= 15 is 0 Å². The zero-order valence-electron chi connectivity index (χ0n) is 15.3. The topological polar surface area (TPSA) is 134 Å². The number of nitrogens with two attached hydrogens (primary N) is 1. The Morgan fingerprint density at radius 1 is 1.29 bits per heavy atom. The molecule has 2 aromatic rings. The van der Waals surface area contributed by atoms with Crippen molar-refractivity contribution in [3.05, 3.63) is 40.5 Å². The predicted octanol–water partition coefficient (Wildman–Crippen LogP) is 1.41. The van der Waals surface area contributed by atoms with Crippen molar-refractivity contribution >= 4 is 35.5 Å². The lowest BCUT2D eigenvalue weighted by atomic mass is 10.1. The second-order valence-electron chi connectivity index (χ2n) is 6.66. The molecule has 4 atom stereocenters. The van der Waals surface area contributed by atoms with Crippen LogP contribution in [0.1, 0.15) is 17.5 Å². The molecule has 3 rings (SSSR count). The smallest absolute Gasteiger partial charge is 0.223 e. The highest BCUT2D eigenvalue weighted by Crippen LogP contribution is 2.31. The van der Waals surface area contributed by atoms with Crippen molar-refractivity contribution in [2.45, 2.75) is 24.7 Å². The van der Waals surface area contributed by atoms with Gasteiger partial charge in [-0.15, -0.1) is 0 Å². The van der Waals surface area contributed by atoms with Crippen LogP contribution in [0, 0.1) is 5.92 Å². The fourth-order valence-corrected chi connectivity index (χ4v) is 3.50. The van der Waals surface area contributed by atoms with Gasteiger partial charge in [0.25, 0.3) is 0 Å². The number of ether oxygens (including phenoxy) is 1. The van der Waals surface area contributed by atoms with E-state index in [1.54, 1.807) is 13.2 Å². The van der Waals surface area contributed by atoms with Gasteiger partial charge in [-0.25, -0.2) is 4.98 Å².